The first-order valence-electron chi connectivity index (χ1n) is 8.45. The van der Waals surface area contributed by atoms with Gasteiger partial charge in [0.05, 0.1) is 12.7 Å². The predicted octanol–water partition coefficient (Wildman–Crippen LogP) is 2.15. The molecule has 7 nitrogen and oxygen atoms in total. The molecule has 0 radical (unpaired) electrons. The second-order valence-corrected chi connectivity index (χ2v) is 5.85. The molecule has 25 heavy (non-hydrogen) atoms. The summed E-state index contributed by atoms with van der Waals surface area (Å²) in [5, 5.41) is 3.18. The fourth-order valence-corrected chi connectivity index (χ4v) is 2.82. The molecule has 2 aromatic rings. The van der Waals surface area contributed by atoms with Crippen LogP contribution in [-0.2, 0) is 4.74 Å². The van der Waals surface area contributed by atoms with E-state index in [2.05, 4.69) is 32.0 Å². The van der Waals surface area contributed by atoms with Gasteiger partial charge in [0.15, 0.2) is 0 Å². The molecule has 1 aliphatic heterocycles. The smallest absolute Gasteiger partial charge is 0.337 e. The Morgan fingerprint density at radius 3 is 2.52 bits per heavy atom. The van der Waals surface area contributed by atoms with Crippen LogP contribution in [0.1, 0.15) is 17.3 Å². The number of likely N-dealkylation sites (N-methyl/N-ethyl adjacent to an activating group) is 1. The van der Waals surface area contributed by atoms with E-state index in [4.69, 9.17) is 4.74 Å². The van der Waals surface area contributed by atoms with Crippen LogP contribution in [0.5, 0.6) is 0 Å². The van der Waals surface area contributed by atoms with Crippen LogP contribution < -0.4 is 10.2 Å². The first-order chi connectivity index (χ1) is 12.2. The minimum absolute atomic E-state index is 0.351. The summed E-state index contributed by atoms with van der Waals surface area (Å²) in [6, 6.07) is 8.97. The number of esters is 1. The van der Waals surface area contributed by atoms with Gasteiger partial charge in [-0.3, -0.25) is 0 Å². The lowest BCUT2D eigenvalue weighted by molar-refractivity contribution is 0.0601. The Hall–Kier alpha value is -2.67. The molecule has 0 unspecified atom stereocenters. The minimum atomic E-state index is -0.351. The predicted molar refractivity (Wildman–Crippen MR) is 97.4 cm³/mol. The molecule has 1 N–H and O–H groups in total. The summed E-state index contributed by atoms with van der Waals surface area (Å²) in [5.41, 5.74) is 1.33. The Morgan fingerprint density at radius 2 is 1.88 bits per heavy atom. The van der Waals surface area contributed by atoms with Crippen LogP contribution in [0.25, 0.3) is 0 Å². The Bertz CT molecular complexity index is 712. The highest BCUT2D eigenvalue weighted by Gasteiger charge is 2.17. The van der Waals surface area contributed by atoms with Crippen LogP contribution in [0.3, 0.4) is 0 Å². The van der Waals surface area contributed by atoms with Crippen molar-refractivity contribution in [3.8, 4) is 0 Å². The van der Waals surface area contributed by atoms with Crippen molar-refractivity contribution in [2.75, 3.05) is 50.1 Å². The summed E-state index contributed by atoms with van der Waals surface area (Å²) < 4.78 is 4.70. The maximum absolute atomic E-state index is 11.5. The number of nitrogens with one attached hydrogen (secondary N) is 1. The second kappa shape index (κ2) is 7.94. The van der Waals surface area contributed by atoms with Gasteiger partial charge < -0.3 is 19.9 Å². The van der Waals surface area contributed by atoms with E-state index in [1.165, 1.54) is 7.11 Å². The summed E-state index contributed by atoms with van der Waals surface area (Å²) >= 11 is 0. The van der Waals surface area contributed by atoms with Crippen molar-refractivity contribution in [1.29, 1.82) is 0 Å². The molecule has 0 aliphatic carbocycles. The van der Waals surface area contributed by atoms with Crippen LogP contribution in [0, 0.1) is 0 Å². The van der Waals surface area contributed by atoms with Crippen molar-refractivity contribution in [2.45, 2.75) is 6.92 Å². The standard InChI is InChI=1S/C18H23N5O2/c1-3-22-10-12-23(13-11-22)16-8-9-19-18(21-16)20-15-6-4-14(5-7-15)17(24)25-2/h4-9H,3,10-13H2,1-2H3,(H,19,20,21). The zero-order valence-electron chi connectivity index (χ0n) is 14.6. The monoisotopic (exact) mass is 341 g/mol. The number of aromatic nitrogens is 2. The number of methoxy groups -OCH3 is 1. The summed E-state index contributed by atoms with van der Waals surface area (Å²) in [7, 11) is 1.37. The summed E-state index contributed by atoms with van der Waals surface area (Å²) in [5.74, 6) is 1.12. The number of hydrogen-bond acceptors (Lipinski definition) is 7. The van der Waals surface area contributed by atoms with Crippen molar-refractivity contribution >= 4 is 23.4 Å². The molecule has 2 heterocycles. The number of ether oxygens (including phenoxy) is 1. The Kier molecular flexibility index (Phi) is 5.45. The Labute approximate surface area is 147 Å². The average Bonchev–Trinajstić information content (AvgIpc) is 2.68. The number of carbonyl (C=O) groups is 1. The van der Waals surface area contributed by atoms with Gasteiger partial charge in [-0.25, -0.2) is 9.78 Å². The van der Waals surface area contributed by atoms with Gasteiger partial charge in [0.2, 0.25) is 5.95 Å². The molecule has 0 atom stereocenters. The van der Waals surface area contributed by atoms with Gasteiger partial charge in [-0.15, -0.1) is 0 Å². The van der Waals surface area contributed by atoms with Crippen molar-refractivity contribution < 1.29 is 9.53 Å². The number of nitrogens with zero attached hydrogens (tertiary/aromatic N) is 4. The molecule has 1 aromatic carbocycles. The van der Waals surface area contributed by atoms with Crippen LogP contribution in [0.2, 0.25) is 0 Å². The lowest BCUT2D eigenvalue weighted by atomic mass is 10.2. The molecule has 0 spiro atoms. The Balaban J connectivity index is 1.66. The van der Waals surface area contributed by atoms with Gasteiger partial charge in [-0.2, -0.15) is 4.98 Å². The average molecular weight is 341 g/mol. The molecule has 1 fully saturated rings. The van der Waals surface area contributed by atoms with Crippen molar-refractivity contribution in [3.63, 3.8) is 0 Å². The number of piperazine rings is 1. The minimum Gasteiger partial charge on any atom is -0.465 e. The van der Waals surface area contributed by atoms with E-state index in [-0.39, 0.29) is 5.97 Å². The van der Waals surface area contributed by atoms with E-state index in [9.17, 15) is 4.79 Å². The zero-order valence-corrected chi connectivity index (χ0v) is 14.6. The lowest BCUT2D eigenvalue weighted by Gasteiger charge is -2.34. The van der Waals surface area contributed by atoms with Crippen LogP contribution >= 0.6 is 0 Å². The molecule has 0 bridgehead atoms. The van der Waals surface area contributed by atoms with Gasteiger partial charge in [0.1, 0.15) is 5.82 Å². The molecule has 7 heteroatoms. The molecular weight excluding hydrogens is 318 g/mol. The third-order valence-electron chi connectivity index (χ3n) is 4.35. The van der Waals surface area contributed by atoms with Gasteiger partial charge in [0, 0.05) is 38.1 Å². The van der Waals surface area contributed by atoms with Crippen LogP contribution in [-0.4, -0.2) is 60.7 Å². The first kappa shape index (κ1) is 17.2. The topological polar surface area (TPSA) is 70.6 Å². The lowest BCUT2D eigenvalue weighted by Crippen LogP contribution is -2.46. The molecular formula is C18H23N5O2. The third-order valence-corrected chi connectivity index (χ3v) is 4.35. The molecule has 132 valence electrons. The maximum Gasteiger partial charge on any atom is 0.337 e. The quantitative estimate of drug-likeness (QED) is 0.836. The highest BCUT2D eigenvalue weighted by Crippen LogP contribution is 2.18. The van der Waals surface area contributed by atoms with Gasteiger partial charge in [0.25, 0.3) is 0 Å². The number of benzene rings is 1. The van der Waals surface area contributed by atoms with Crippen molar-refractivity contribution in [1.82, 2.24) is 14.9 Å². The fourth-order valence-electron chi connectivity index (χ4n) is 2.82. The fraction of sp³-hybridized carbons (Fsp3) is 0.389. The molecule has 1 saturated heterocycles. The van der Waals surface area contributed by atoms with Gasteiger partial charge in [-0.05, 0) is 36.9 Å². The highest BCUT2D eigenvalue weighted by atomic mass is 16.5. The summed E-state index contributed by atoms with van der Waals surface area (Å²) in [4.78, 5) is 25.1. The first-order valence-corrected chi connectivity index (χ1v) is 8.45. The zero-order chi connectivity index (χ0) is 17.6. The molecule has 0 amide bonds. The second-order valence-electron chi connectivity index (χ2n) is 5.85. The highest BCUT2D eigenvalue weighted by molar-refractivity contribution is 5.89. The van der Waals surface area contributed by atoms with E-state index < -0.39 is 0 Å². The van der Waals surface area contributed by atoms with Crippen molar-refractivity contribution in [2.24, 2.45) is 0 Å². The van der Waals surface area contributed by atoms with Crippen molar-refractivity contribution in [3.05, 3.63) is 42.1 Å². The number of carbonyl (C=O) groups excluding carboxylic acids is 1. The van der Waals surface area contributed by atoms with E-state index >= 15 is 0 Å². The van der Waals surface area contributed by atoms with E-state index in [0.717, 1.165) is 44.2 Å². The Morgan fingerprint density at radius 1 is 1.16 bits per heavy atom. The summed E-state index contributed by atoms with van der Waals surface area (Å²) in [6.45, 7) is 7.33. The molecule has 1 aromatic heterocycles. The number of anilines is 3. The largest absolute Gasteiger partial charge is 0.465 e. The van der Waals surface area contributed by atoms with E-state index in [1.54, 1.807) is 18.3 Å². The third kappa shape index (κ3) is 4.24. The van der Waals surface area contributed by atoms with E-state index in [1.807, 2.05) is 18.2 Å². The molecule has 1 aliphatic rings. The number of rotatable bonds is 5. The summed E-state index contributed by atoms with van der Waals surface area (Å²) in [6.07, 6.45) is 1.76. The van der Waals surface area contributed by atoms with Crippen LogP contribution in [0.4, 0.5) is 17.5 Å². The normalized spacial score (nSPS) is 15.0. The van der Waals surface area contributed by atoms with E-state index in [0.29, 0.717) is 11.5 Å². The van der Waals surface area contributed by atoms with Crippen LogP contribution in [0.15, 0.2) is 36.5 Å². The SMILES string of the molecule is CCN1CCN(c2ccnc(Nc3ccc(C(=O)OC)cc3)n2)CC1. The van der Waals surface area contributed by atoms with Gasteiger partial charge in [-0.1, -0.05) is 6.92 Å². The maximum atomic E-state index is 11.5. The van der Waals surface area contributed by atoms with Gasteiger partial charge >= 0.3 is 5.97 Å². The number of hydrogen-bond donors (Lipinski definition) is 1. The molecule has 0 saturated carbocycles. The molecule has 3 rings (SSSR count).